The minimum Gasteiger partial charge on any atom is -0.327 e. The van der Waals surface area contributed by atoms with Crippen LogP contribution in [0.15, 0.2) is 18.2 Å². The van der Waals surface area contributed by atoms with E-state index >= 15 is 0 Å². The van der Waals surface area contributed by atoms with E-state index in [4.69, 9.17) is 5.73 Å². The summed E-state index contributed by atoms with van der Waals surface area (Å²) in [5.74, 6) is -0.116. The summed E-state index contributed by atoms with van der Waals surface area (Å²) in [6.45, 7) is 0. The molecular formula is C12H14FN. The number of hydrogen-bond acceptors (Lipinski definition) is 1. The minimum absolute atomic E-state index is 0.116. The normalized spacial score (nSPS) is 34.3. The van der Waals surface area contributed by atoms with Gasteiger partial charge >= 0.3 is 0 Å². The standard InChI is InChI=1S/C12H14FN/c13-9-3-4-10-8(6-9)2-1-5-12(10)7-11(12)14/h3-4,6,11H,1-2,5,7,14H2. The molecule has 74 valence electrons. The summed E-state index contributed by atoms with van der Waals surface area (Å²) < 4.78 is 13.0. The molecule has 2 heteroatoms. The van der Waals surface area contributed by atoms with Crippen LogP contribution in [-0.4, -0.2) is 6.04 Å². The fourth-order valence-corrected chi connectivity index (χ4v) is 2.91. The first-order valence-corrected chi connectivity index (χ1v) is 5.27. The van der Waals surface area contributed by atoms with Gasteiger partial charge < -0.3 is 5.73 Å². The van der Waals surface area contributed by atoms with Gasteiger partial charge in [-0.1, -0.05) is 6.07 Å². The Morgan fingerprint density at radius 2 is 2.21 bits per heavy atom. The Kier molecular flexibility index (Phi) is 1.55. The first-order chi connectivity index (χ1) is 6.72. The molecule has 2 aliphatic rings. The maximum Gasteiger partial charge on any atom is 0.123 e. The van der Waals surface area contributed by atoms with Crippen LogP contribution in [0.5, 0.6) is 0 Å². The Balaban J connectivity index is 2.12. The van der Waals surface area contributed by atoms with Crippen LogP contribution in [-0.2, 0) is 11.8 Å². The Hall–Kier alpha value is -0.890. The van der Waals surface area contributed by atoms with Crippen LogP contribution < -0.4 is 5.73 Å². The molecular weight excluding hydrogens is 177 g/mol. The lowest BCUT2D eigenvalue weighted by Gasteiger charge is -2.25. The van der Waals surface area contributed by atoms with Crippen molar-refractivity contribution >= 4 is 0 Å². The first kappa shape index (κ1) is 8.42. The molecule has 1 aromatic carbocycles. The van der Waals surface area contributed by atoms with Crippen molar-refractivity contribution in [1.82, 2.24) is 0 Å². The zero-order valence-electron chi connectivity index (χ0n) is 8.09. The van der Waals surface area contributed by atoms with E-state index in [9.17, 15) is 4.39 Å². The van der Waals surface area contributed by atoms with Gasteiger partial charge in [0.1, 0.15) is 5.82 Å². The number of rotatable bonds is 0. The number of nitrogens with two attached hydrogens (primary N) is 1. The van der Waals surface area contributed by atoms with Gasteiger partial charge in [-0.15, -0.1) is 0 Å². The van der Waals surface area contributed by atoms with Crippen LogP contribution in [0, 0.1) is 5.82 Å². The van der Waals surface area contributed by atoms with E-state index < -0.39 is 0 Å². The molecule has 1 spiro atoms. The molecule has 0 aromatic heterocycles. The highest BCUT2D eigenvalue weighted by Gasteiger charge is 2.54. The van der Waals surface area contributed by atoms with Gasteiger partial charge in [0.05, 0.1) is 0 Å². The average Bonchev–Trinajstić information content (AvgIpc) is 2.77. The second-order valence-electron chi connectivity index (χ2n) is 4.62. The predicted octanol–water partition coefficient (Wildman–Crippen LogP) is 2.13. The van der Waals surface area contributed by atoms with Crippen LogP contribution in [0.25, 0.3) is 0 Å². The lowest BCUT2D eigenvalue weighted by molar-refractivity contribution is 0.520. The third-order valence-electron chi connectivity index (χ3n) is 3.81. The Morgan fingerprint density at radius 3 is 2.93 bits per heavy atom. The molecule has 3 rings (SSSR count). The molecule has 1 aromatic rings. The van der Waals surface area contributed by atoms with Crippen molar-refractivity contribution in [1.29, 1.82) is 0 Å². The molecule has 0 saturated heterocycles. The predicted molar refractivity (Wildman–Crippen MR) is 53.6 cm³/mol. The van der Waals surface area contributed by atoms with Gasteiger partial charge in [0.15, 0.2) is 0 Å². The third kappa shape index (κ3) is 0.976. The molecule has 14 heavy (non-hydrogen) atoms. The van der Waals surface area contributed by atoms with Crippen LogP contribution in [0.3, 0.4) is 0 Å². The Morgan fingerprint density at radius 1 is 1.43 bits per heavy atom. The van der Waals surface area contributed by atoms with Gasteiger partial charge in [-0.3, -0.25) is 0 Å². The maximum atomic E-state index is 13.0. The fraction of sp³-hybridized carbons (Fsp3) is 0.500. The maximum absolute atomic E-state index is 13.0. The Bertz CT molecular complexity index is 388. The van der Waals surface area contributed by atoms with Crippen molar-refractivity contribution < 1.29 is 4.39 Å². The highest BCUT2D eigenvalue weighted by molar-refractivity contribution is 5.44. The monoisotopic (exact) mass is 191 g/mol. The summed E-state index contributed by atoms with van der Waals surface area (Å²) in [7, 11) is 0. The van der Waals surface area contributed by atoms with Crippen molar-refractivity contribution in [2.24, 2.45) is 5.73 Å². The van der Waals surface area contributed by atoms with Crippen LogP contribution >= 0.6 is 0 Å². The summed E-state index contributed by atoms with van der Waals surface area (Å²) in [5, 5.41) is 0. The van der Waals surface area contributed by atoms with Gasteiger partial charge in [0.2, 0.25) is 0 Å². The van der Waals surface area contributed by atoms with E-state index in [1.165, 1.54) is 17.5 Å². The largest absolute Gasteiger partial charge is 0.327 e. The highest BCUT2D eigenvalue weighted by atomic mass is 19.1. The second kappa shape index (κ2) is 2.57. The number of hydrogen-bond donors (Lipinski definition) is 1. The van der Waals surface area contributed by atoms with E-state index in [0.717, 1.165) is 19.3 Å². The summed E-state index contributed by atoms with van der Waals surface area (Å²) in [4.78, 5) is 0. The van der Waals surface area contributed by atoms with Crippen molar-refractivity contribution in [3.05, 3.63) is 35.1 Å². The molecule has 2 atom stereocenters. The van der Waals surface area contributed by atoms with Gasteiger partial charge in [0.25, 0.3) is 0 Å². The number of aryl methyl sites for hydroxylation is 1. The topological polar surface area (TPSA) is 26.0 Å². The molecule has 1 nitrogen and oxygen atoms in total. The SMILES string of the molecule is NC1CC12CCCc1cc(F)ccc12. The van der Waals surface area contributed by atoms with Crippen LogP contribution in [0.2, 0.25) is 0 Å². The van der Waals surface area contributed by atoms with Crippen molar-refractivity contribution in [3.8, 4) is 0 Å². The van der Waals surface area contributed by atoms with Gasteiger partial charge in [-0.05, 0) is 48.9 Å². The zero-order chi connectivity index (χ0) is 9.76. The van der Waals surface area contributed by atoms with E-state index in [2.05, 4.69) is 0 Å². The summed E-state index contributed by atoms with van der Waals surface area (Å²) in [6.07, 6.45) is 4.45. The summed E-state index contributed by atoms with van der Waals surface area (Å²) in [6, 6.07) is 5.50. The Labute approximate surface area is 83.1 Å². The second-order valence-corrected chi connectivity index (χ2v) is 4.62. The highest BCUT2D eigenvalue weighted by Crippen LogP contribution is 2.54. The molecule has 1 saturated carbocycles. The van der Waals surface area contributed by atoms with Crippen LogP contribution in [0.4, 0.5) is 4.39 Å². The molecule has 2 unspecified atom stereocenters. The number of halogens is 1. The smallest absolute Gasteiger partial charge is 0.123 e. The van der Waals surface area contributed by atoms with E-state index in [1.807, 2.05) is 6.07 Å². The molecule has 0 radical (unpaired) electrons. The minimum atomic E-state index is -0.116. The van der Waals surface area contributed by atoms with E-state index in [0.29, 0.717) is 6.04 Å². The molecule has 2 N–H and O–H groups in total. The molecule has 0 heterocycles. The third-order valence-corrected chi connectivity index (χ3v) is 3.81. The van der Waals surface area contributed by atoms with E-state index in [1.54, 1.807) is 12.1 Å². The zero-order valence-corrected chi connectivity index (χ0v) is 8.09. The summed E-state index contributed by atoms with van der Waals surface area (Å²) >= 11 is 0. The molecule has 0 bridgehead atoms. The van der Waals surface area contributed by atoms with Crippen molar-refractivity contribution in [2.75, 3.05) is 0 Å². The van der Waals surface area contributed by atoms with E-state index in [-0.39, 0.29) is 11.2 Å². The number of benzene rings is 1. The van der Waals surface area contributed by atoms with Gasteiger partial charge in [0, 0.05) is 11.5 Å². The molecule has 1 fully saturated rings. The van der Waals surface area contributed by atoms with Crippen molar-refractivity contribution in [3.63, 3.8) is 0 Å². The lowest BCUT2D eigenvalue weighted by Crippen LogP contribution is -2.23. The van der Waals surface area contributed by atoms with Gasteiger partial charge in [-0.25, -0.2) is 4.39 Å². The van der Waals surface area contributed by atoms with Crippen molar-refractivity contribution in [2.45, 2.75) is 37.1 Å². The fourth-order valence-electron chi connectivity index (χ4n) is 2.91. The molecule has 0 aliphatic heterocycles. The number of fused-ring (bicyclic) bond motifs is 2. The quantitative estimate of drug-likeness (QED) is 0.668. The lowest BCUT2D eigenvalue weighted by atomic mass is 9.79. The van der Waals surface area contributed by atoms with Crippen LogP contribution in [0.1, 0.15) is 30.4 Å². The average molecular weight is 191 g/mol. The first-order valence-electron chi connectivity index (χ1n) is 5.27. The van der Waals surface area contributed by atoms with Gasteiger partial charge in [-0.2, -0.15) is 0 Å². The summed E-state index contributed by atoms with van der Waals surface area (Å²) in [5.41, 5.74) is 8.72. The molecule has 2 aliphatic carbocycles. The molecule has 0 amide bonds.